The van der Waals surface area contributed by atoms with Crippen molar-refractivity contribution in [1.82, 2.24) is 0 Å². The smallest absolute Gasteiger partial charge is 0.146 e. The second-order valence-corrected chi connectivity index (χ2v) is 4.88. The van der Waals surface area contributed by atoms with Crippen molar-refractivity contribution in [3.05, 3.63) is 29.6 Å². The van der Waals surface area contributed by atoms with Crippen molar-refractivity contribution in [2.45, 2.75) is 12.8 Å². The molecular formula is C14H21FN2O. The van der Waals surface area contributed by atoms with Crippen LogP contribution >= 0.6 is 0 Å². The lowest BCUT2D eigenvalue weighted by molar-refractivity contribution is 0.161. The van der Waals surface area contributed by atoms with Gasteiger partial charge in [0.2, 0.25) is 0 Å². The molecule has 1 aromatic carbocycles. The zero-order valence-corrected chi connectivity index (χ0v) is 10.9. The normalized spacial score (nSPS) is 19.5. The van der Waals surface area contributed by atoms with E-state index < -0.39 is 0 Å². The summed E-state index contributed by atoms with van der Waals surface area (Å²) in [6.07, 6.45) is 1.79. The molecule has 0 radical (unpaired) electrons. The van der Waals surface area contributed by atoms with E-state index in [1.807, 2.05) is 12.1 Å². The number of ether oxygens (including phenoxy) is 1. The van der Waals surface area contributed by atoms with Crippen LogP contribution in [-0.4, -0.2) is 33.4 Å². The minimum atomic E-state index is -0.140. The Labute approximate surface area is 108 Å². The van der Waals surface area contributed by atoms with Gasteiger partial charge in [0.15, 0.2) is 0 Å². The molecule has 1 aliphatic heterocycles. The molecule has 100 valence electrons. The van der Waals surface area contributed by atoms with Crippen molar-refractivity contribution in [3.8, 4) is 0 Å². The lowest BCUT2D eigenvalue weighted by Gasteiger charge is -2.19. The minimum absolute atomic E-state index is 0.140. The predicted molar refractivity (Wildman–Crippen MR) is 71.4 cm³/mol. The van der Waals surface area contributed by atoms with Crippen molar-refractivity contribution < 1.29 is 9.13 Å². The van der Waals surface area contributed by atoms with Crippen molar-refractivity contribution in [3.63, 3.8) is 0 Å². The first-order valence-electron chi connectivity index (χ1n) is 6.47. The first-order valence-corrected chi connectivity index (χ1v) is 6.47. The summed E-state index contributed by atoms with van der Waals surface area (Å²) in [4.78, 5) is 2.10. The Hall–Kier alpha value is -1.13. The average Bonchev–Trinajstić information content (AvgIpc) is 2.78. The summed E-state index contributed by atoms with van der Waals surface area (Å²) in [5, 5.41) is 0. The van der Waals surface area contributed by atoms with E-state index in [1.165, 1.54) is 0 Å². The van der Waals surface area contributed by atoms with E-state index in [0.717, 1.165) is 38.1 Å². The molecule has 0 saturated carbocycles. The van der Waals surface area contributed by atoms with E-state index in [4.69, 9.17) is 10.5 Å². The number of hydrogen-bond acceptors (Lipinski definition) is 3. The molecule has 0 aromatic heterocycles. The number of rotatable bonds is 5. The van der Waals surface area contributed by atoms with Crippen molar-refractivity contribution in [2.24, 2.45) is 11.7 Å². The largest absolute Gasteiger partial charge is 0.384 e. The van der Waals surface area contributed by atoms with Gasteiger partial charge in [-0.2, -0.15) is 0 Å². The fourth-order valence-electron chi connectivity index (χ4n) is 2.55. The standard InChI is InChI=1S/C14H21FN2O/c1-18-10-12-5-7-17(9-12)14-3-2-11(4-6-16)8-13(14)15/h2-3,8,12H,4-7,9-10,16H2,1H3. The van der Waals surface area contributed by atoms with Gasteiger partial charge in [0.1, 0.15) is 5.82 Å². The lowest BCUT2D eigenvalue weighted by atomic mass is 10.1. The van der Waals surface area contributed by atoms with Crippen LogP contribution in [0.3, 0.4) is 0 Å². The van der Waals surface area contributed by atoms with Crippen LogP contribution in [0.4, 0.5) is 10.1 Å². The highest BCUT2D eigenvalue weighted by atomic mass is 19.1. The first kappa shape index (κ1) is 13.3. The number of anilines is 1. The number of methoxy groups -OCH3 is 1. The fourth-order valence-corrected chi connectivity index (χ4v) is 2.55. The van der Waals surface area contributed by atoms with Gasteiger partial charge in [0, 0.05) is 26.1 Å². The van der Waals surface area contributed by atoms with Crippen LogP contribution in [0.2, 0.25) is 0 Å². The van der Waals surface area contributed by atoms with Gasteiger partial charge in [0.05, 0.1) is 12.3 Å². The maximum Gasteiger partial charge on any atom is 0.146 e. The van der Waals surface area contributed by atoms with Crippen molar-refractivity contribution in [2.75, 3.05) is 38.3 Å². The van der Waals surface area contributed by atoms with E-state index in [-0.39, 0.29) is 5.82 Å². The van der Waals surface area contributed by atoms with Gasteiger partial charge < -0.3 is 15.4 Å². The summed E-state index contributed by atoms with van der Waals surface area (Å²) in [7, 11) is 1.71. The third-order valence-electron chi connectivity index (χ3n) is 3.47. The van der Waals surface area contributed by atoms with Crippen LogP contribution in [0.1, 0.15) is 12.0 Å². The summed E-state index contributed by atoms with van der Waals surface area (Å²) in [6, 6.07) is 5.44. The molecule has 1 unspecified atom stereocenters. The van der Waals surface area contributed by atoms with Crippen LogP contribution in [-0.2, 0) is 11.2 Å². The van der Waals surface area contributed by atoms with E-state index in [9.17, 15) is 4.39 Å². The molecule has 1 atom stereocenters. The summed E-state index contributed by atoms with van der Waals surface area (Å²) < 4.78 is 19.2. The van der Waals surface area contributed by atoms with Crippen LogP contribution in [0, 0.1) is 11.7 Å². The topological polar surface area (TPSA) is 38.5 Å². The van der Waals surface area contributed by atoms with E-state index in [0.29, 0.717) is 18.2 Å². The summed E-state index contributed by atoms with van der Waals surface area (Å²) in [5.41, 5.74) is 7.14. The highest BCUT2D eigenvalue weighted by Gasteiger charge is 2.24. The molecule has 2 rings (SSSR count). The van der Waals surface area contributed by atoms with E-state index in [1.54, 1.807) is 13.2 Å². The highest BCUT2D eigenvalue weighted by molar-refractivity contribution is 5.50. The maximum atomic E-state index is 14.0. The number of hydrogen-bond donors (Lipinski definition) is 1. The van der Waals surface area contributed by atoms with E-state index >= 15 is 0 Å². The Kier molecular flexibility index (Phi) is 4.55. The number of benzene rings is 1. The van der Waals surface area contributed by atoms with Gasteiger partial charge in [-0.15, -0.1) is 0 Å². The predicted octanol–water partition coefficient (Wildman–Crippen LogP) is 1.80. The molecule has 0 aliphatic carbocycles. The molecule has 1 aliphatic rings. The van der Waals surface area contributed by atoms with Crippen LogP contribution < -0.4 is 10.6 Å². The van der Waals surface area contributed by atoms with Crippen LogP contribution in [0.15, 0.2) is 18.2 Å². The van der Waals surface area contributed by atoms with Gasteiger partial charge in [-0.05, 0) is 37.1 Å². The molecule has 3 nitrogen and oxygen atoms in total. The Balaban J connectivity index is 2.05. The highest BCUT2D eigenvalue weighted by Crippen LogP contribution is 2.27. The van der Waals surface area contributed by atoms with Crippen molar-refractivity contribution >= 4 is 5.69 Å². The lowest BCUT2D eigenvalue weighted by Crippen LogP contribution is -2.22. The van der Waals surface area contributed by atoms with Gasteiger partial charge in [-0.3, -0.25) is 0 Å². The second kappa shape index (κ2) is 6.16. The Morgan fingerprint density at radius 3 is 3.00 bits per heavy atom. The Bertz CT molecular complexity index is 397. The second-order valence-electron chi connectivity index (χ2n) is 4.88. The molecule has 1 saturated heterocycles. The fraction of sp³-hybridized carbons (Fsp3) is 0.571. The zero-order valence-electron chi connectivity index (χ0n) is 10.9. The number of halogens is 1. The molecule has 1 aromatic rings. The molecule has 2 N–H and O–H groups in total. The van der Waals surface area contributed by atoms with Gasteiger partial charge >= 0.3 is 0 Å². The summed E-state index contributed by atoms with van der Waals surface area (Å²) >= 11 is 0. The molecule has 0 spiro atoms. The molecule has 1 fully saturated rings. The molecule has 0 amide bonds. The van der Waals surface area contributed by atoms with Gasteiger partial charge in [-0.25, -0.2) is 4.39 Å². The summed E-state index contributed by atoms with van der Waals surface area (Å²) in [5.74, 6) is 0.372. The first-order chi connectivity index (χ1) is 8.74. The molecule has 1 heterocycles. The molecule has 18 heavy (non-hydrogen) atoms. The van der Waals surface area contributed by atoms with Crippen LogP contribution in [0.25, 0.3) is 0 Å². The Morgan fingerprint density at radius 2 is 2.33 bits per heavy atom. The third kappa shape index (κ3) is 3.00. The van der Waals surface area contributed by atoms with Gasteiger partial charge in [-0.1, -0.05) is 6.07 Å². The molecular weight excluding hydrogens is 231 g/mol. The SMILES string of the molecule is COCC1CCN(c2ccc(CCN)cc2F)C1. The quantitative estimate of drug-likeness (QED) is 0.868. The molecule has 0 bridgehead atoms. The van der Waals surface area contributed by atoms with Crippen molar-refractivity contribution in [1.29, 1.82) is 0 Å². The Morgan fingerprint density at radius 1 is 1.50 bits per heavy atom. The van der Waals surface area contributed by atoms with Gasteiger partial charge in [0.25, 0.3) is 0 Å². The summed E-state index contributed by atoms with van der Waals surface area (Å²) in [6.45, 7) is 3.09. The molecule has 4 heteroatoms. The zero-order chi connectivity index (χ0) is 13.0. The third-order valence-corrected chi connectivity index (χ3v) is 3.47. The van der Waals surface area contributed by atoms with E-state index in [2.05, 4.69) is 4.90 Å². The number of nitrogens with two attached hydrogens (primary N) is 1. The minimum Gasteiger partial charge on any atom is -0.384 e. The number of nitrogens with zero attached hydrogens (tertiary/aromatic N) is 1. The van der Waals surface area contributed by atoms with Crippen LogP contribution in [0.5, 0.6) is 0 Å². The maximum absolute atomic E-state index is 14.0. The average molecular weight is 252 g/mol. The monoisotopic (exact) mass is 252 g/mol.